The average molecular weight is 222 g/mol. The fraction of sp³-hybridized carbons (Fsp3) is 0.538. The number of aliphatic hydroxyl groups excluding tert-OH is 2. The lowest BCUT2D eigenvalue weighted by atomic mass is 9.85. The molecular weight excluding hydrogens is 204 g/mol. The van der Waals surface area contributed by atoms with Gasteiger partial charge in [0.1, 0.15) is 0 Å². The van der Waals surface area contributed by atoms with Crippen LogP contribution in [0.4, 0.5) is 0 Å². The van der Waals surface area contributed by atoms with Crippen molar-refractivity contribution in [2.45, 2.75) is 38.1 Å². The van der Waals surface area contributed by atoms with Gasteiger partial charge in [0.05, 0.1) is 18.8 Å². The van der Waals surface area contributed by atoms with Gasteiger partial charge in [0.15, 0.2) is 0 Å². The van der Waals surface area contributed by atoms with E-state index in [1.165, 1.54) is 0 Å². The molecule has 3 nitrogen and oxygen atoms in total. The summed E-state index contributed by atoms with van der Waals surface area (Å²) in [6.07, 6.45) is 0.355. The number of aliphatic hydroxyl groups is 2. The minimum absolute atomic E-state index is 0.0141. The van der Waals surface area contributed by atoms with Crippen molar-refractivity contribution >= 4 is 0 Å². The molecule has 1 aliphatic heterocycles. The maximum atomic E-state index is 10.0. The zero-order valence-electron chi connectivity index (χ0n) is 9.47. The van der Waals surface area contributed by atoms with Gasteiger partial charge in [-0.3, -0.25) is 0 Å². The Balaban J connectivity index is 2.26. The second-order valence-corrected chi connectivity index (χ2v) is 4.36. The largest absolute Gasteiger partial charge is 0.392 e. The molecule has 0 aliphatic carbocycles. The first-order valence-corrected chi connectivity index (χ1v) is 5.71. The lowest BCUT2D eigenvalue weighted by Gasteiger charge is -2.34. The van der Waals surface area contributed by atoms with Crippen LogP contribution >= 0.6 is 0 Å². The normalized spacial score (nSPS) is 30.3. The summed E-state index contributed by atoms with van der Waals surface area (Å²) in [6.45, 7) is 2.64. The molecule has 88 valence electrons. The molecule has 1 heterocycles. The van der Waals surface area contributed by atoms with Gasteiger partial charge in [-0.1, -0.05) is 24.3 Å². The van der Waals surface area contributed by atoms with Crippen LogP contribution in [0.2, 0.25) is 0 Å². The number of ether oxygens (including phenoxy) is 1. The van der Waals surface area contributed by atoms with Gasteiger partial charge in [-0.25, -0.2) is 0 Å². The van der Waals surface area contributed by atoms with E-state index in [-0.39, 0.29) is 24.7 Å². The van der Waals surface area contributed by atoms with Crippen molar-refractivity contribution < 1.29 is 14.9 Å². The standard InChI is InChI=1S/C13H18O3/c1-9-13(12(15)5-6-16-9)11-4-2-3-10(7-11)8-14/h2-4,7,9,12-15H,5-6,8H2,1H3/t9?,12-,13?/m0/s1. The molecule has 2 unspecified atom stereocenters. The quantitative estimate of drug-likeness (QED) is 0.796. The summed E-state index contributed by atoms with van der Waals surface area (Å²) < 4.78 is 5.57. The van der Waals surface area contributed by atoms with E-state index in [2.05, 4.69) is 0 Å². The van der Waals surface area contributed by atoms with Gasteiger partial charge in [-0.05, 0) is 24.5 Å². The smallest absolute Gasteiger partial charge is 0.0681 e. The van der Waals surface area contributed by atoms with E-state index in [1.807, 2.05) is 31.2 Å². The molecule has 0 radical (unpaired) electrons. The summed E-state index contributed by atoms with van der Waals surface area (Å²) in [5.41, 5.74) is 1.92. The third kappa shape index (κ3) is 2.26. The second kappa shape index (κ2) is 4.95. The topological polar surface area (TPSA) is 49.7 Å². The third-order valence-electron chi connectivity index (χ3n) is 3.23. The summed E-state index contributed by atoms with van der Waals surface area (Å²) in [5, 5.41) is 19.1. The second-order valence-electron chi connectivity index (χ2n) is 4.36. The highest BCUT2D eigenvalue weighted by molar-refractivity contribution is 5.28. The SMILES string of the molecule is CC1OCC[C@H](O)C1c1cccc(CO)c1. The molecule has 0 spiro atoms. The molecule has 3 atom stereocenters. The highest BCUT2D eigenvalue weighted by atomic mass is 16.5. The van der Waals surface area contributed by atoms with Crippen LogP contribution in [0.15, 0.2) is 24.3 Å². The molecule has 1 fully saturated rings. The molecule has 1 saturated heterocycles. The molecule has 0 bridgehead atoms. The Morgan fingerprint density at radius 1 is 1.44 bits per heavy atom. The molecular formula is C13H18O3. The van der Waals surface area contributed by atoms with Crippen LogP contribution < -0.4 is 0 Å². The molecule has 0 aromatic heterocycles. The Morgan fingerprint density at radius 2 is 2.25 bits per heavy atom. The average Bonchev–Trinajstić information content (AvgIpc) is 2.29. The fourth-order valence-corrected chi connectivity index (χ4v) is 2.36. The lowest BCUT2D eigenvalue weighted by molar-refractivity contribution is -0.0539. The molecule has 1 aromatic carbocycles. The summed E-state index contributed by atoms with van der Waals surface area (Å²) >= 11 is 0. The molecule has 1 aliphatic rings. The molecule has 2 rings (SSSR count). The van der Waals surface area contributed by atoms with Gasteiger partial charge >= 0.3 is 0 Å². The van der Waals surface area contributed by atoms with E-state index < -0.39 is 0 Å². The highest BCUT2D eigenvalue weighted by Gasteiger charge is 2.31. The number of hydrogen-bond acceptors (Lipinski definition) is 3. The van der Waals surface area contributed by atoms with E-state index in [4.69, 9.17) is 9.84 Å². The Labute approximate surface area is 95.7 Å². The summed E-state index contributed by atoms with van der Waals surface area (Å²) in [5.74, 6) is 0.0141. The van der Waals surface area contributed by atoms with Gasteiger partial charge in [-0.15, -0.1) is 0 Å². The van der Waals surface area contributed by atoms with Crippen molar-refractivity contribution in [1.29, 1.82) is 0 Å². The Bertz CT molecular complexity index is 341. The molecule has 0 saturated carbocycles. The van der Waals surface area contributed by atoms with Gasteiger partial charge in [0.25, 0.3) is 0 Å². The molecule has 3 heteroatoms. The van der Waals surface area contributed by atoms with E-state index in [1.54, 1.807) is 0 Å². The summed E-state index contributed by atoms with van der Waals surface area (Å²) in [7, 11) is 0. The van der Waals surface area contributed by atoms with Crippen LogP contribution in [0.3, 0.4) is 0 Å². The number of benzene rings is 1. The van der Waals surface area contributed by atoms with Crippen molar-refractivity contribution in [1.82, 2.24) is 0 Å². The minimum atomic E-state index is -0.349. The van der Waals surface area contributed by atoms with E-state index in [9.17, 15) is 5.11 Å². The first-order chi connectivity index (χ1) is 7.72. The maximum Gasteiger partial charge on any atom is 0.0681 e. The van der Waals surface area contributed by atoms with E-state index in [0.29, 0.717) is 13.0 Å². The first-order valence-electron chi connectivity index (χ1n) is 5.71. The Kier molecular flexibility index (Phi) is 3.59. The maximum absolute atomic E-state index is 10.0. The zero-order chi connectivity index (χ0) is 11.5. The molecule has 2 N–H and O–H groups in total. The van der Waals surface area contributed by atoms with Crippen molar-refractivity contribution in [3.8, 4) is 0 Å². The van der Waals surface area contributed by atoms with Crippen LogP contribution in [0, 0.1) is 0 Å². The van der Waals surface area contributed by atoms with Crippen LogP contribution in [-0.2, 0) is 11.3 Å². The fourth-order valence-electron chi connectivity index (χ4n) is 2.36. The first kappa shape index (κ1) is 11.6. The van der Waals surface area contributed by atoms with Crippen LogP contribution in [0.5, 0.6) is 0 Å². The predicted octanol–water partition coefficient (Wildman–Crippen LogP) is 1.43. The van der Waals surface area contributed by atoms with Crippen molar-refractivity contribution in [2.24, 2.45) is 0 Å². The molecule has 16 heavy (non-hydrogen) atoms. The monoisotopic (exact) mass is 222 g/mol. The van der Waals surface area contributed by atoms with E-state index >= 15 is 0 Å². The molecule has 0 amide bonds. The van der Waals surface area contributed by atoms with Crippen molar-refractivity contribution in [2.75, 3.05) is 6.61 Å². The Morgan fingerprint density at radius 3 is 2.94 bits per heavy atom. The van der Waals surface area contributed by atoms with Gasteiger partial charge in [-0.2, -0.15) is 0 Å². The van der Waals surface area contributed by atoms with Gasteiger partial charge in [0.2, 0.25) is 0 Å². The van der Waals surface area contributed by atoms with Gasteiger partial charge < -0.3 is 14.9 Å². The number of hydrogen-bond donors (Lipinski definition) is 2. The Hall–Kier alpha value is -0.900. The zero-order valence-corrected chi connectivity index (χ0v) is 9.47. The number of rotatable bonds is 2. The van der Waals surface area contributed by atoms with Crippen molar-refractivity contribution in [3.05, 3.63) is 35.4 Å². The van der Waals surface area contributed by atoms with Crippen LogP contribution in [-0.4, -0.2) is 29.0 Å². The predicted molar refractivity (Wildman–Crippen MR) is 61.1 cm³/mol. The highest BCUT2D eigenvalue weighted by Crippen LogP contribution is 2.31. The van der Waals surface area contributed by atoms with Crippen molar-refractivity contribution in [3.63, 3.8) is 0 Å². The lowest BCUT2D eigenvalue weighted by Crippen LogP contribution is -2.36. The minimum Gasteiger partial charge on any atom is -0.392 e. The van der Waals surface area contributed by atoms with E-state index in [0.717, 1.165) is 11.1 Å². The summed E-state index contributed by atoms with van der Waals surface area (Å²) in [4.78, 5) is 0. The molecule has 1 aromatic rings. The third-order valence-corrected chi connectivity index (χ3v) is 3.23. The van der Waals surface area contributed by atoms with Crippen LogP contribution in [0.25, 0.3) is 0 Å². The summed E-state index contributed by atoms with van der Waals surface area (Å²) in [6, 6.07) is 7.72. The van der Waals surface area contributed by atoms with Crippen LogP contribution in [0.1, 0.15) is 30.4 Å². The van der Waals surface area contributed by atoms with Gasteiger partial charge in [0, 0.05) is 12.5 Å².